The first-order valence-electron chi connectivity index (χ1n) is 8.16. The van der Waals surface area contributed by atoms with Gasteiger partial charge in [0.1, 0.15) is 6.33 Å². The number of thiophene rings is 1. The number of aromatic nitrogens is 3. The van der Waals surface area contributed by atoms with E-state index in [9.17, 15) is 4.79 Å². The summed E-state index contributed by atoms with van der Waals surface area (Å²) in [5.74, 6) is 0.575. The van der Waals surface area contributed by atoms with Crippen LogP contribution in [0.25, 0.3) is 5.65 Å². The van der Waals surface area contributed by atoms with Crippen molar-refractivity contribution in [3.63, 3.8) is 0 Å². The largest absolute Gasteiger partial charge is 0.347 e. The van der Waals surface area contributed by atoms with Crippen molar-refractivity contribution in [2.75, 3.05) is 13.1 Å². The maximum atomic E-state index is 12.4. The number of fused-ring (bicyclic) bond motifs is 1. The summed E-state index contributed by atoms with van der Waals surface area (Å²) in [4.78, 5) is 18.6. The minimum Gasteiger partial charge on any atom is -0.347 e. The Balaban J connectivity index is 1.39. The number of hydrogen-bond acceptors (Lipinski definition) is 5. The normalized spacial score (nSPS) is 15.7. The fourth-order valence-electron chi connectivity index (χ4n) is 3.03. The van der Waals surface area contributed by atoms with Gasteiger partial charge in [-0.05, 0) is 55.6 Å². The van der Waals surface area contributed by atoms with E-state index in [1.54, 1.807) is 15.9 Å². The lowest BCUT2D eigenvalue weighted by Crippen LogP contribution is -2.26. The molecule has 24 heavy (non-hydrogen) atoms. The van der Waals surface area contributed by atoms with Crippen LogP contribution in [0.15, 0.2) is 36.8 Å². The molecule has 4 heterocycles. The molecule has 3 aromatic heterocycles. The van der Waals surface area contributed by atoms with Gasteiger partial charge in [-0.25, -0.2) is 9.50 Å². The highest BCUT2D eigenvalue weighted by Crippen LogP contribution is 2.31. The van der Waals surface area contributed by atoms with Crippen molar-refractivity contribution < 1.29 is 4.79 Å². The molecule has 1 aliphatic rings. The van der Waals surface area contributed by atoms with Crippen LogP contribution in [-0.4, -0.2) is 33.6 Å². The second kappa shape index (κ2) is 6.70. The Morgan fingerprint density at radius 2 is 2.17 bits per heavy atom. The number of carbonyl (C=O) groups excluding carboxylic acids is 1. The average Bonchev–Trinajstić information content (AvgIpc) is 3.29. The third-order valence-electron chi connectivity index (χ3n) is 4.38. The Bertz CT molecular complexity index is 849. The smallest absolute Gasteiger partial charge is 0.261 e. The molecule has 1 fully saturated rings. The Hall–Kier alpha value is -2.25. The maximum Gasteiger partial charge on any atom is 0.261 e. The van der Waals surface area contributed by atoms with E-state index in [4.69, 9.17) is 0 Å². The summed E-state index contributed by atoms with van der Waals surface area (Å²) in [6.45, 7) is 2.61. The molecular formula is C17H19N5OS. The summed E-state index contributed by atoms with van der Waals surface area (Å²) in [6, 6.07) is 7.91. The number of nitrogens with zero attached hydrogens (tertiary/aromatic N) is 3. The van der Waals surface area contributed by atoms with E-state index in [0.717, 1.165) is 42.0 Å². The highest BCUT2D eigenvalue weighted by molar-refractivity contribution is 7.14. The molecule has 124 valence electrons. The van der Waals surface area contributed by atoms with E-state index in [0.29, 0.717) is 12.5 Å². The molecule has 6 nitrogen and oxygen atoms in total. The lowest BCUT2D eigenvalue weighted by atomic mass is 9.97. The number of nitrogens with one attached hydrogen (secondary N) is 2. The van der Waals surface area contributed by atoms with Gasteiger partial charge in [0.05, 0.1) is 4.88 Å². The first-order chi connectivity index (χ1) is 11.8. The molecule has 1 aliphatic heterocycles. The summed E-state index contributed by atoms with van der Waals surface area (Å²) in [6.07, 6.45) is 5.71. The molecule has 0 aromatic carbocycles. The van der Waals surface area contributed by atoms with Crippen molar-refractivity contribution in [2.45, 2.75) is 25.3 Å². The number of rotatable bonds is 4. The van der Waals surface area contributed by atoms with Crippen LogP contribution in [0.4, 0.5) is 0 Å². The lowest BCUT2D eigenvalue weighted by molar-refractivity contribution is 0.0955. The van der Waals surface area contributed by atoms with Crippen LogP contribution in [0, 0.1) is 0 Å². The average molecular weight is 341 g/mol. The van der Waals surface area contributed by atoms with Gasteiger partial charge < -0.3 is 10.6 Å². The van der Waals surface area contributed by atoms with Gasteiger partial charge in [-0.3, -0.25) is 4.79 Å². The predicted molar refractivity (Wildman–Crippen MR) is 93.3 cm³/mol. The second-order valence-electron chi connectivity index (χ2n) is 6.01. The molecule has 7 heteroatoms. The zero-order valence-electron chi connectivity index (χ0n) is 13.2. The van der Waals surface area contributed by atoms with Gasteiger partial charge in [0.25, 0.3) is 5.91 Å². The number of pyridine rings is 1. The van der Waals surface area contributed by atoms with Crippen molar-refractivity contribution in [1.29, 1.82) is 0 Å². The van der Waals surface area contributed by atoms with Gasteiger partial charge in [-0.15, -0.1) is 11.3 Å². The number of piperidine rings is 1. The van der Waals surface area contributed by atoms with Gasteiger partial charge in [-0.2, -0.15) is 5.10 Å². The van der Waals surface area contributed by atoms with E-state index in [2.05, 4.69) is 26.8 Å². The van der Waals surface area contributed by atoms with E-state index < -0.39 is 0 Å². The summed E-state index contributed by atoms with van der Waals surface area (Å²) >= 11 is 1.62. The summed E-state index contributed by atoms with van der Waals surface area (Å²) in [7, 11) is 0. The predicted octanol–water partition coefficient (Wildman–Crippen LogP) is 2.19. The van der Waals surface area contributed by atoms with E-state index >= 15 is 0 Å². The van der Waals surface area contributed by atoms with Gasteiger partial charge in [0.2, 0.25) is 0 Å². The monoisotopic (exact) mass is 341 g/mol. The van der Waals surface area contributed by atoms with E-state index in [-0.39, 0.29) is 5.91 Å². The topological polar surface area (TPSA) is 71.3 Å². The van der Waals surface area contributed by atoms with Crippen LogP contribution >= 0.6 is 11.3 Å². The van der Waals surface area contributed by atoms with Crippen LogP contribution in [0.5, 0.6) is 0 Å². The molecule has 1 amide bonds. The van der Waals surface area contributed by atoms with Crippen LogP contribution < -0.4 is 10.6 Å². The molecule has 0 bridgehead atoms. The second-order valence-corrected chi connectivity index (χ2v) is 7.12. The molecule has 0 aliphatic carbocycles. The molecule has 4 rings (SSSR count). The third kappa shape index (κ3) is 3.18. The fraction of sp³-hybridized carbons (Fsp3) is 0.353. The zero-order valence-corrected chi connectivity index (χ0v) is 14.1. The molecule has 0 saturated carbocycles. The van der Waals surface area contributed by atoms with Gasteiger partial charge in [0.15, 0.2) is 5.65 Å². The van der Waals surface area contributed by atoms with Crippen LogP contribution in [0.3, 0.4) is 0 Å². The minimum atomic E-state index is -0.0149. The van der Waals surface area contributed by atoms with E-state index in [1.807, 2.05) is 24.4 Å². The molecule has 0 unspecified atom stereocenters. The van der Waals surface area contributed by atoms with Crippen molar-refractivity contribution in [2.24, 2.45) is 0 Å². The first-order valence-corrected chi connectivity index (χ1v) is 8.98. The molecule has 1 saturated heterocycles. The van der Waals surface area contributed by atoms with Crippen molar-refractivity contribution in [3.05, 3.63) is 52.1 Å². The van der Waals surface area contributed by atoms with Crippen molar-refractivity contribution >= 4 is 22.9 Å². The Morgan fingerprint density at radius 1 is 1.29 bits per heavy atom. The number of hydrogen-bond donors (Lipinski definition) is 2. The van der Waals surface area contributed by atoms with Crippen molar-refractivity contribution in [1.82, 2.24) is 25.2 Å². The number of carbonyl (C=O) groups is 1. The van der Waals surface area contributed by atoms with Gasteiger partial charge >= 0.3 is 0 Å². The SMILES string of the molecule is O=C(NCc1ccc2ncnn2c1)c1ccc(C2CCNCC2)s1. The standard InChI is InChI=1S/C17H19N5OS/c23-17(15-3-2-14(24-15)13-5-7-18-8-6-13)19-9-12-1-4-16-20-11-21-22(16)10-12/h1-4,10-11,13,18H,5-9H2,(H,19,23). The van der Waals surface area contributed by atoms with Crippen LogP contribution in [-0.2, 0) is 6.54 Å². The Morgan fingerprint density at radius 3 is 3.04 bits per heavy atom. The third-order valence-corrected chi connectivity index (χ3v) is 5.63. The maximum absolute atomic E-state index is 12.4. The van der Waals surface area contributed by atoms with Gasteiger partial charge in [-0.1, -0.05) is 6.07 Å². The highest BCUT2D eigenvalue weighted by atomic mass is 32.1. The number of amides is 1. The Labute approximate surface area is 143 Å². The summed E-state index contributed by atoms with van der Waals surface area (Å²) < 4.78 is 1.71. The van der Waals surface area contributed by atoms with Gasteiger partial charge in [0, 0.05) is 17.6 Å². The first kappa shape index (κ1) is 15.3. The minimum absolute atomic E-state index is 0.0149. The Kier molecular flexibility index (Phi) is 4.27. The summed E-state index contributed by atoms with van der Waals surface area (Å²) in [5, 5.41) is 10.5. The fourth-order valence-corrected chi connectivity index (χ4v) is 4.13. The van der Waals surface area contributed by atoms with Crippen LogP contribution in [0.1, 0.15) is 38.9 Å². The molecule has 3 aromatic rings. The summed E-state index contributed by atoms with van der Waals surface area (Å²) in [5.41, 5.74) is 1.80. The molecule has 0 atom stereocenters. The molecule has 0 spiro atoms. The quantitative estimate of drug-likeness (QED) is 0.763. The highest BCUT2D eigenvalue weighted by Gasteiger charge is 2.18. The van der Waals surface area contributed by atoms with Crippen LogP contribution in [0.2, 0.25) is 0 Å². The molecule has 0 radical (unpaired) electrons. The molecular weight excluding hydrogens is 322 g/mol. The molecule has 2 N–H and O–H groups in total. The lowest BCUT2D eigenvalue weighted by Gasteiger charge is -2.21. The van der Waals surface area contributed by atoms with Crippen molar-refractivity contribution in [3.8, 4) is 0 Å². The van der Waals surface area contributed by atoms with E-state index in [1.165, 1.54) is 11.2 Å². The zero-order chi connectivity index (χ0) is 16.4.